The minimum absolute atomic E-state index is 0.196. The van der Waals surface area contributed by atoms with Gasteiger partial charge < -0.3 is 9.32 Å². The molecule has 144 valence electrons. The Bertz CT molecular complexity index is 948. The van der Waals surface area contributed by atoms with Crippen molar-refractivity contribution in [1.29, 1.82) is 5.26 Å². The largest absolute Gasteiger partial charge is 0.419 e. The van der Waals surface area contributed by atoms with Crippen molar-refractivity contribution in [1.82, 2.24) is 9.29 Å². The minimum Gasteiger partial charge on any atom is -0.419 e. The van der Waals surface area contributed by atoms with E-state index in [-0.39, 0.29) is 10.6 Å². The van der Waals surface area contributed by atoms with Crippen LogP contribution in [0.4, 0.5) is 5.88 Å². The van der Waals surface area contributed by atoms with Gasteiger partial charge in [-0.1, -0.05) is 13.8 Å². The second-order valence-corrected chi connectivity index (χ2v) is 9.60. The minimum atomic E-state index is -3.49. The van der Waals surface area contributed by atoms with Crippen molar-refractivity contribution in [2.45, 2.75) is 25.2 Å². The first-order valence-electron chi connectivity index (χ1n) is 8.91. The molecule has 0 amide bonds. The zero-order valence-electron chi connectivity index (χ0n) is 16.0. The van der Waals surface area contributed by atoms with Crippen molar-refractivity contribution in [3.8, 4) is 17.5 Å². The number of hydrogen-bond acceptors (Lipinski definition) is 6. The van der Waals surface area contributed by atoms with Crippen LogP contribution in [0.15, 0.2) is 33.6 Å². The van der Waals surface area contributed by atoms with Gasteiger partial charge in [0.05, 0.1) is 4.90 Å². The molecule has 2 atom stereocenters. The highest BCUT2D eigenvalue weighted by Gasteiger charge is 2.28. The Balaban J connectivity index is 1.93. The standard InChI is InChI=1S/C19H24N4O3S/c1-13-9-14(2)12-23(11-13)19-17(10-20)21-18(26-19)15-5-7-16(8-6-15)27(24,25)22(3)4/h5-8,13-14H,9,11-12H2,1-4H3/t13-,14-/m0/s1. The molecule has 0 radical (unpaired) electrons. The first-order chi connectivity index (χ1) is 12.7. The Kier molecular flexibility index (Phi) is 5.27. The van der Waals surface area contributed by atoms with E-state index in [4.69, 9.17) is 4.42 Å². The van der Waals surface area contributed by atoms with E-state index in [1.54, 1.807) is 12.1 Å². The topological polar surface area (TPSA) is 90.4 Å². The van der Waals surface area contributed by atoms with Gasteiger partial charge in [0.2, 0.25) is 27.5 Å². The van der Waals surface area contributed by atoms with Gasteiger partial charge in [0, 0.05) is 32.7 Å². The molecule has 0 saturated carbocycles. The maximum Gasteiger partial charge on any atom is 0.242 e. The fourth-order valence-electron chi connectivity index (χ4n) is 3.53. The van der Waals surface area contributed by atoms with Crippen LogP contribution in [0.3, 0.4) is 0 Å². The molecule has 27 heavy (non-hydrogen) atoms. The zero-order chi connectivity index (χ0) is 19.8. The zero-order valence-corrected chi connectivity index (χ0v) is 16.8. The Hall–Kier alpha value is -2.37. The van der Waals surface area contributed by atoms with E-state index in [2.05, 4.69) is 29.8 Å². The van der Waals surface area contributed by atoms with E-state index in [0.29, 0.717) is 29.2 Å². The molecule has 8 heteroatoms. The van der Waals surface area contributed by atoms with Gasteiger partial charge in [0.25, 0.3) is 0 Å². The lowest BCUT2D eigenvalue weighted by Crippen LogP contribution is -2.38. The molecule has 0 unspecified atom stereocenters. The Labute approximate surface area is 160 Å². The normalized spacial score (nSPS) is 20.7. The predicted molar refractivity (Wildman–Crippen MR) is 103 cm³/mol. The third-order valence-corrected chi connectivity index (χ3v) is 6.58. The van der Waals surface area contributed by atoms with Crippen molar-refractivity contribution in [3.05, 3.63) is 30.0 Å². The highest BCUT2D eigenvalue weighted by atomic mass is 32.2. The molecule has 2 heterocycles. The summed E-state index contributed by atoms with van der Waals surface area (Å²) < 4.78 is 31.5. The van der Waals surface area contributed by atoms with Crippen LogP contribution in [-0.4, -0.2) is 44.9 Å². The molecule has 3 rings (SSSR count). The maximum absolute atomic E-state index is 12.2. The van der Waals surface area contributed by atoms with Crippen LogP contribution in [-0.2, 0) is 10.0 Å². The summed E-state index contributed by atoms with van der Waals surface area (Å²) in [6.45, 7) is 6.03. The van der Waals surface area contributed by atoms with E-state index in [1.807, 2.05) is 0 Å². The van der Waals surface area contributed by atoms with Gasteiger partial charge in [-0.15, -0.1) is 0 Å². The highest BCUT2D eigenvalue weighted by molar-refractivity contribution is 7.89. The molecule has 0 aliphatic carbocycles. The second-order valence-electron chi connectivity index (χ2n) is 7.45. The number of benzene rings is 1. The molecule has 1 aliphatic heterocycles. The van der Waals surface area contributed by atoms with Crippen LogP contribution in [0.25, 0.3) is 11.5 Å². The van der Waals surface area contributed by atoms with Gasteiger partial charge in [0.1, 0.15) is 6.07 Å². The van der Waals surface area contributed by atoms with Gasteiger partial charge in [-0.3, -0.25) is 0 Å². The fourth-order valence-corrected chi connectivity index (χ4v) is 4.43. The maximum atomic E-state index is 12.2. The van der Waals surface area contributed by atoms with Gasteiger partial charge in [0.15, 0.2) is 0 Å². The molecule has 1 fully saturated rings. The van der Waals surface area contributed by atoms with E-state index in [9.17, 15) is 13.7 Å². The number of anilines is 1. The highest BCUT2D eigenvalue weighted by Crippen LogP contribution is 2.32. The summed E-state index contributed by atoms with van der Waals surface area (Å²) in [6.07, 6.45) is 1.15. The second kappa shape index (κ2) is 7.33. The third-order valence-electron chi connectivity index (χ3n) is 4.75. The van der Waals surface area contributed by atoms with Crippen LogP contribution in [0.5, 0.6) is 0 Å². The van der Waals surface area contributed by atoms with Gasteiger partial charge in [-0.25, -0.2) is 12.7 Å². The van der Waals surface area contributed by atoms with E-state index in [0.717, 1.165) is 23.8 Å². The van der Waals surface area contributed by atoms with Crippen LogP contribution < -0.4 is 4.90 Å². The Morgan fingerprint density at radius 3 is 2.30 bits per heavy atom. The van der Waals surface area contributed by atoms with Crippen molar-refractivity contribution < 1.29 is 12.8 Å². The lowest BCUT2D eigenvalue weighted by atomic mass is 9.92. The third kappa shape index (κ3) is 3.84. The number of piperidine rings is 1. The number of sulfonamides is 1. The fraction of sp³-hybridized carbons (Fsp3) is 0.474. The van der Waals surface area contributed by atoms with Gasteiger partial charge in [-0.2, -0.15) is 10.2 Å². The molecular formula is C19H24N4O3S. The molecule has 0 spiro atoms. The van der Waals surface area contributed by atoms with E-state index < -0.39 is 10.0 Å². The molecule has 1 aromatic carbocycles. The summed E-state index contributed by atoms with van der Waals surface area (Å²) in [7, 11) is -0.512. The smallest absolute Gasteiger partial charge is 0.242 e. The van der Waals surface area contributed by atoms with Gasteiger partial charge in [-0.05, 0) is 42.5 Å². The summed E-state index contributed by atoms with van der Waals surface area (Å²) in [5.41, 5.74) is 0.893. The van der Waals surface area contributed by atoms with Crippen molar-refractivity contribution in [3.63, 3.8) is 0 Å². The first-order valence-corrected chi connectivity index (χ1v) is 10.3. The van der Waals surface area contributed by atoms with Crippen molar-refractivity contribution >= 4 is 15.9 Å². The number of hydrogen-bond donors (Lipinski definition) is 0. The number of nitriles is 1. The van der Waals surface area contributed by atoms with Crippen molar-refractivity contribution in [2.75, 3.05) is 32.1 Å². The van der Waals surface area contributed by atoms with Crippen molar-refractivity contribution in [2.24, 2.45) is 11.8 Å². The molecule has 1 aliphatic rings. The van der Waals surface area contributed by atoms with Crippen LogP contribution >= 0.6 is 0 Å². The molecule has 0 N–H and O–H groups in total. The summed E-state index contributed by atoms with van der Waals surface area (Å²) in [4.78, 5) is 6.60. The van der Waals surface area contributed by atoms with Crippen LogP contribution in [0.2, 0.25) is 0 Å². The Morgan fingerprint density at radius 2 is 1.78 bits per heavy atom. The number of rotatable bonds is 4. The monoisotopic (exact) mass is 388 g/mol. The molecule has 7 nitrogen and oxygen atoms in total. The average Bonchev–Trinajstić information content (AvgIpc) is 3.05. The first kappa shape index (κ1) is 19.4. The average molecular weight is 388 g/mol. The lowest BCUT2D eigenvalue weighted by molar-refractivity contribution is 0.344. The molecule has 2 aromatic rings. The van der Waals surface area contributed by atoms with E-state index in [1.165, 1.54) is 26.2 Å². The Morgan fingerprint density at radius 1 is 1.19 bits per heavy atom. The van der Waals surface area contributed by atoms with Gasteiger partial charge >= 0.3 is 0 Å². The van der Waals surface area contributed by atoms with Crippen LogP contribution in [0, 0.1) is 23.2 Å². The summed E-state index contributed by atoms with van der Waals surface area (Å²) in [5, 5.41) is 9.47. The summed E-state index contributed by atoms with van der Waals surface area (Å²) >= 11 is 0. The predicted octanol–water partition coefficient (Wildman–Crippen LogP) is 2.95. The number of oxazole rings is 1. The number of nitrogens with zero attached hydrogens (tertiary/aromatic N) is 4. The molecule has 1 aromatic heterocycles. The van der Waals surface area contributed by atoms with E-state index >= 15 is 0 Å². The molecular weight excluding hydrogens is 364 g/mol. The van der Waals surface area contributed by atoms with Crippen LogP contribution in [0.1, 0.15) is 26.0 Å². The summed E-state index contributed by atoms with van der Waals surface area (Å²) in [5.74, 6) is 1.85. The quantitative estimate of drug-likeness (QED) is 0.800. The lowest BCUT2D eigenvalue weighted by Gasteiger charge is -2.34. The molecule has 1 saturated heterocycles. The SMILES string of the molecule is C[C@H]1C[C@H](C)CN(c2oc(-c3ccc(S(=O)(=O)N(C)C)cc3)nc2C#N)C1. The number of aromatic nitrogens is 1. The molecule has 0 bridgehead atoms. The summed E-state index contributed by atoms with van der Waals surface area (Å²) in [6, 6.07) is 8.45.